The van der Waals surface area contributed by atoms with Crippen molar-refractivity contribution in [1.29, 1.82) is 0 Å². The monoisotopic (exact) mass is 331 g/mol. The third-order valence-corrected chi connectivity index (χ3v) is 4.51. The molecule has 25 heavy (non-hydrogen) atoms. The number of benzene rings is 3. The van der Waals surface area contributed by atoms with Crippen LogP contribution in [-0.4, -0.2) is 18.1 Å². The Morgan fingerprint density at radius 1 is 0.840 bits per heavy atom. The van der Waals surface area contributed by atoms with Crippen LogP contribution in [0.2, 0.25) is 0 Å². The molecule has 0 bridgehead atoms. The van der Waals surface area contributed by atoms with Gasteiger partial charge in [-0.25, -0.2) is 0 Å². The molecule has 0 spiro atoms. The highest BCUT2D eigenvalue weighted by atomic mass is 16.3. The molecule has 0 heterocycles. The van der Waals surface area contributed by atoms with Crippen molar-refractivity contribution < 1.29 is 9.90 Å². The molecule has 0 aliphatic carbocycles. The number of rotatable bonds is 4. The minimum absolute atomic E-state index is 0.224. The first-order valence-corrected chi connectivity index (χ1v) is 8.24. The van der Waals surface area contributed by atoms with Gasteiger partial charge in [0, 0.05) is 18.2 Å². The summed E-state index contributed by atoms with van der Waals surface area (Å²) in [5.74, 6) is -0.224. The zero-order valence-corrected chi connectivity index (χ0v) is 14.4. The van der Waals surface area contributed by atoms with E-state index in [2.05, 4.69) is 5.32 Å². The van der Waals surface area contributed by atoms with Crippen LogP contribution in [0.3, 0.4) is 0 Å². The van der Waals surface area contributed by atoms with Gasteiger partial charge in [-0.05, 0) is 29.7 Å². The minimum atomic E-state index is -1.42. The number of hydrogen-bond donors (Lipinski definition) is 2. The van der Waals surface area contributed by atoms with E-state index in [1.807, 2.05) is 73.7 Å². The Balaban J connectivity index is 2.35. The lowest BCUT2D eigenvalue weighted by atomic mass is 9.76. The molecular formula is C22H21NO2. The lowest BCUT2D eigenvalue weighted by Crippen LogP contribution is -2.33. The van der Waals surface area contributed by atoms with Crippen molar-refractivity contribution in [3.8, 4) is 0 Å². The maximum absolute atomic E-state index is 12.4. The first-order chi connectivity index (χ1) is 12.1. The van der Waals surface area contributed by atoms with E-state index >= 15 is 0 Å². The number of aliphatic hydroxyl groups is 1. The molecule has 0 saturated heterocycles. The standard InChI is InChI=1S/C22H21NO2/c1-16-10-6-8-14-19(16)22(25,17-11-4-3-5-12-17)20-15-9-7-13-18(20)21(24)23-2/h3-15,25H,1-2H3,(H,23,24)/t22-/m0/s1. The Morgan fingerprint density at radius 2 is 1.40 bits per heavy atom. The summed E-state index contributed by atoms with van der Waals surface area (Å²) in [6.45, 7) is 1.96. The molecule has 0 unspecified atom stereocenters. The summed E-state index contributed by atoms with van der Waals surface area (Å²) < 4.78 is 0. The van der Waals surface area contributed by atoms with E-state index in [-0.39, 0.29) is 5.91 Å². The topological polar surface area (TPSA) is 49.3 Å². The summed E-state index contributed by atoms with van der Waals surface area (Å²) in [5.41, 5.74) is 2.05. The Bertz CT molecular complexity index is 889. The average molecular weight is 331 g/mol. The molecule has 0 fully saturated rings. The fourth-order valence-corrected chi connectivity index (χ4v) is 3.25. The van der Waals surface area contributed by atoms with Crippen molar-refractivity contribution in [2.75, 3.05) is 7.05 Å². The van der Waals surface area contributed by atoms with Crippen molar-refractivity contribution in [2.24, 2.45) is 0 Å². The van der Waals surface area contributed by atoms with Gasteiger partial charge in [-0.2, -0.15) is 0 Å². The van der Waals surface area contributed by atoms with Crippen LogP contribution in [0.4, 0.5) is 0 Å². The highest BCUT2D eigenvalue weighted by Crippen LogP contribution is 2.39. The van der Waals surface area contributed by atoms with Crippen LogP contribution in [-0.2, 0) is 5.60 Å². The van der Waals surface area contributed by atoms with E-state index in [0.717, 1.165) is 16.7 Å². The molecule has 3 heteroatoms. The van der Waals surface area contributed by atoms with E-state index in [4.69, 9.17) is 0 Å². The second-order valence-electron chi connectivity index (χ2n) is 6.02. The normalized spacial score (nSPS) is 13.1. The molecule has 3 rings (SSSR count). The largest absolute Gasteiger partial charge is 0.376 e. The Kier molecular flexibility index (Phi) is 4.68. The van der Waals surface area contributed by atoms with Crippen molar-refractivity contribution in [3.05, 3.63) is 107 Å². The molecule has 3 aromatic rings. The molecule has 3 aromatic carbocycles. The highest BCUT2D eigenvalue weighted by molar-refractivity contribution is 5.96. The zero-order chi connectivity index (χ0) is 17.9. The summed E-state index contributed by atoms with van der Waals surface area (Å²) in [4.78, 5) is 12.4. The Hall–Kier alpha value is -2.91. The van der Waals surface area contributed by atoms with Gasteiger partial charge in [-0.3, -0.25) is 4.79 Å². The third-order valence-electron chi connectivity index (χ3n) is 4.51. The fraction of sp³-hybridized carbons (Fsp3) is 0.136. The van der Waals surface area contributed by atoms with Crippen LogP contribution in [0.5, 0.6) is 0 Å². The van der Waals surface area contributed by atoms with Gasteiger partial charge in [0.25, 0.3) is 5.91 Å². The predicted molar refractivity (Wildman–Crippen MR) is 99.6 cm³/mol. The number of nitrogens with one attached hydrogen (secondary N) is 1. The summed E-state index contributed by atoms with van der Waals surface area (Å²) in [5, 5.41) is 14.6. The molecule has 0 radical (unpaired) electrons. The van der Waals surface area contributed by atoms with E-state index < -0.39 is 5.60 Å². The lowest BCUT2D eigenvalue weighted by molar-refractivity contribution is 0.0939. The zero-order valence-electron chi connectivity index (χ0n) is 14.4. The smallest absolute Gasteiger partial charge is 0.251 e. The van der Waals surface area contributed by atoms with Gasteiger partial charge in [-0.15, -0.1) is 0 Å². The molecule has 126 valence electrons. The molecule has 1 atom stereocenters. The lowest BCUT2D eigenvalue weighted by Gasteiger charge is -2.32. The SMILES string of the molecule is CNC(=O)c1ccccc1[C@](O)(c1ccccc1)c1ccccc1C. The second kappa shape index (κ2) is 6.91. The van der Waals surface area contributed by atoms with Gasteiger partial charge >= 0.3 is 0 Å². The number of hydrogen-bond acceptors (Lipinski definition) is 2. The predicted octanol–water partition coefficient (Wildman–Crippen LogP) is 3.64. The minimum Gasteiger partial charge on any atom is -0.376 e. The van der Waals surface area contributed by atoms with E-state index in [1.165, 1.54) is 0 Å². The highest BCUT2D eigenvalue weighted by Gasteiger charge is 2.37. The maximum atomic E-state index is 12.4. The number of carbonyl (C=O) groups is 1. The van der Waals surface area contributed by atoms with Gasteiger partial charge in [-0.1, -0.05) is 72.8 Å². The summed E-state index contributed by atoms with van der Waals surface area (Å²) in [6.07, 6.45) is 0. The van der Waals surface area contributed by atoms with Crippen LogP contribution in [0.1, 0.15) is 32.6 Å². The molecule has 0 aliphatic rings. The number of aryl methyl sites for hydroxylation is 1. The van der Waals surface area contributed by atoms with E-state index in [0.29, 0.717) is 11.1 Å². The molecule has 3 nitrogen and oxygen atoms in total. The van der Waals surface area contributed by atoms with Gasteiger partial charge < -0.3 is 10.4 Å². The van der Waals surface area contributed by atoms with Crippen LogP contribution in [0.25, 0.3) is 0 Å². The molecule has 2 N–H and O–H groups in total. The van der Waals surface area contributed by atoms with Crippen LogP contribution in [0.15, 0.2) is 78.9 Å². The van der Waals surface area contributed by atoms with Crippen molar-refractivity contribution in [3.63, 3.8) is 0 Å². The molecule has 0 aliphatic heterocycles. The third kappa shape index (κ3) is 2.94. The van der Waals surface area contributed by atoms with Crippen LogP contribution in [0, 0.1) is 6.92 Å². The van der Waals surface area contributed by atoms with Crippen molar-refractivity contribution in [1.82, 2.24) is 5.32 Å². The van der Waals surface area contributed by atoms with Gasteiger partial charge in [0.1, 0.15) is 5.60 Å². The van der Waals surface area contributed by atoms with Gasteiger partial charge in [0.15, 0.2) is 0 Å². The molecular weight excluding hydrogens is 310 g/mol. The van der Waals surface area contributed by atoms with Crippen LogP contribution < -0.4 is 5.32 Å². The summed E-state index contributed by atoms with van der Waals surface area (Å²) in [7, 11) is 1.59. The summed E-state index contributed by atoms with van der Waals surface area (Å²) in [6, 6.07) is 24.4. The Morgan fingerprint density at radius 3 is 2.04 bits per heavy atom. The van der Waals surface area contributed by atoms with E-state index in [9.17, 15) is 9.90 Å². The maximum Gasteiger partial charge on any atom is 0.251 e. The quantitative estimate of drug-likeness (QED) is 0.717. The first-order valence-electron chi connectivity index (χ1n) is 8.24. The Labute approximate surface area is 148 Å². The number of carbonyl (C=O) groups excluding carboxylic acids is 1. The summed E-state index contributed by atoms with van der Waals surface area (Å²) >= 11 is 0. The molecule has 0 aromatic heterocycles. The van der Waals surface area contributed by atoms with Crippen LogP contribution >= 0.6 is 0 Å². The van der Waals surface area contributed by atoms with Gasteiger partial charge in [0.2, 0.25) is 0 Å². The average Bonchev–Trinajstić information content (AvgIpc) is 2.68. The fourth-order valence-electron chi connectivity index (χ4n) is 3.25. The van der Waals surface area contributed by atoms with Gasteiger partial charge in [0.05, 0.1) is 0 Å². The van der Waals surface area contributed by atoms with E-state index in [1.54, 1.807) is 19.2 Å². The second-order valence-corrected chi connectivity index (χ2v) is 6.02. The molecule has 1 amide bonds. The van der Waals surface area contributed by atoms with Crippen molar-refractivity contribution >= 4 is 5.91 Å². The number of amides is 1. The first kappa shape index (κ1) is 16.9. The molecule has 0 saturated carbocycles. The van der Waals surface area contributed by atoms with Crippen molar-refractivity contribution in [2.45, 2.75) is 12.5 Å².